The van der Waals surface area contributed by atoms with Crippen LogP contribution < -0.4 is 11.1 Å². The van der Waals surface area contributed by atoms with Gasteiger partial charge in [0.1, 0.15) is 6.04 Å². The lowest BCUT2D eigenvalue weighted by Crippen LogP contribution is -2.46. The van der Waals surface area contributed by atoms with Crippen LogP contribution in [0, 0.1) is 11.6 Å². The maximum absolute atomic E-state index is 13.2. The molecule has 0 aliphatic heterocycles. The van der Waals surface area contributed by atoms with Crippen molar-refractivity contribution < 1.29 is 18.4 Å². The third-order valence-electron chi connectivity index (χ3n) is 3.26. The predicted molar refractivity (Wildman–Crippen MR) is 89.7 cm³/mol. The van der Waals surface area contributed by atoms with E-state index in [0.29, 0.717) is 15.1 Å². The van der Waals surface area contributed by atoms with Crippen molar-refractivity contribution in [3.05, 3.63) is 68.7 Å². The standard InChI is InChI=1S/C16H12BrClF2N2O2/c17-11-3-2-10(18)5-9(11)7-14(15(21)23)22-16(24)8-1-4-12(19)13(20)6-8/h1-6,14H,7H2,(H2,21,23)(H,22,24)/t14-/m0/s1. The molecule has 2 amide bonds. The summed E-state index contributed by atoms with van der Waals surface area (Å²) in [6, 6.07) is 6.64. The third-order valence-corrected chi connectivity index (χ3v) is 4.27. The van der Waals surface area contributed by atoms with Crippen LogP contribution in [0.15, 0.2) is 40.9 Å². The molecule has 2 rings (SSSR count). The molecular weight excluding hydrogens is 406 g/mol. The smallest absolute Gasteiger partial charge is 0.252 e. The summed E-state index contributed by atoms with van der Waals surface area (Å²) in [5.74, 6) is -3.73. The summed E-state index contributed by atoms with van der Waals surface area (Å²) < 4.78 is 26.8. The summed E-state index contributed by atoms with van der Waals surface area (Å²) in [7, 11) is 0. The molecule has 0 spiro atoms. The molecule has 2 aromatic rings. The predicted octanol–water partition coefficient (Wildman–Crippen LogP) is 3.21. The molecule has 0 heterocycles. The zero-order valence-corrected chi connectivity index (χ0v) is 14.5. The first-order chi connectivity index (χ1) is 11.3. The van der Waals surface area contributed by atoms with E-state index in [1.54, 1.807) is 18.2 Å². The van der Waals surface area contributed by atoms with E-state index >= 15 is 0 Å². The van der Waals surface area contributed by atoms with Crippen molar-refractivity contribution >= 4 is 39.3 Å². The average molecular weight is 418 g/mol. The van der Waals surface area contributed by atoms with Gasteiger partial charge in [-0.3, -0.25) is 9.59 Å². The van der Waals surface area contributed by atoms with E-state index in [1.165, 1.54) is 0 Å². The van der Waals surface area contributed by atoms with E-state index < -0.39 is 29.5 Å². The van der Waals surface area contributed by atoms with Gasteiger partial charge in [-0.1, -0.05) is 27.5 Å². The molecule has 0 unspecified atom stereocenters. The molecule has 4 nitrogen and oxygen atoms in total. The van der Waals surface area contributed by atoms with E-state index in [1.807, 2.05) is 0 Å². The molecule has 2 aromatic carbocycles. The zero-order chi connectivity index (χ0) is 17.9. The van der Waals surface area contributed by atoms with Crippen molar-refractivity contribution in [1.29, 1.82) is 0 Å². The number of nitrogens with one attached hydrogen (secondary N) is 1. The molecule has 3 N–H and O–H groups in total. The van der Waals surface area contributed by atoms with Crippen LogP contribution >= 0.6 is 27.5 Å². The topological polar surface area (TPSA) is 72.2 Å². The van der Waals surface area contributed by atoms with Gasteiger partial charge in [0, 0.05) is 21.5 Å². The zero-order valence-electron chi connectivity index (χ0n) is 12.2. The molecule has 0 aliphatic carbocycles. The van der Waals surface area contributed by atoms with Crippen LogP contribution in [0.3, 0.4) is 0 Å². The Labute approximate surface area is 150 Å². The van der Waals surface area contributed by atoms with Crippen molar-refractivity contribution in [2.45, 2.75) is 12.5 Å². The van der Waals surface area contributed by atoms with Crippen LogP contribution in [0.25, 0.3) is 0 Å². The van der Waals surface area contributed by atoms with Gasteiger partial charge < -0.3 is 11.1 Å². The molecule has 0 radical (unpaired) electrons. The fourth-order valence-electron chi connectivity index (χ4n) is 2.02. The third kappa shape index (κ3) is 4.52. The molecule has 24 heavy (non-hydrogen) atoms. The lowest BCUT2D eigenvalue weighted by molar-refractivity contribution is -0.119. The number of amides is 2. The number of hydrogen-bond donors (Lipinski definition) is 2. The number of nitrogens with two attached hydrogens (primary N) is 1. The lowest BCUT2D eigenvalue weighted by Gasteiger charge is -2.17. The van der Waals surface area contributed by atoms with Gasteiger partial charge in [0.05, 0.1) is 0 Å². The number of rotatable bonds is 5. The highest BCUT2D eigenvalue weighted by Gasteiger charge is 2.21. The molecule has 0 fully saturated rings. The Morgan fingerprint density at radius 3 is 2.50 bits per heavy atom. The number of carbonyl (C=O) groups is 2. The van der Waals surface area contributed by atoms with Crippen molar-refractivity contribution in [3.63, 3.8) is 0 Å². The largest absolute Gasteiger partial charge is 0.368 e. The Morgan fingerprint density at radius 1 is 1.17 bits per heavy atom. The van der Waals surface area contributed by atoms with Crippen molar-refractivity contribution in [2.75, 3.05) is 0 Å². The first-order valence-corrected chi connectivity index (χ1v) is 7.94. The van der Waals surface area contributed by atoms with E-state index in [9.17, 15) is 18.4 Å². The summed E-state index contributed by atoms with van der Waals surface area (Å²) in [4.78, 5) is 23.7. The van der Waals surface area contributed by atoms with Gasteiger partial charge >= 0.3 is 0 Å². The van der Waals surface area contributed by atoms with Gasteiger partial charge in [-0.2, -0.15) is 0 Å². The Bertz CT molecular complexity index is 802. The second-order valence-corrected chi connectivity index (χ2v) is 6.29. The first-order valence-electron chi connectivity index (χ1n) is 6.77. The molecule has 0 saturated heterocycles. The summed E-state index contributed by atoms with van der Waals surface area (Å²) in [6.45, 7) is 0. The monoisotopic (exact) mass is 416 g/mol. The SMILES string of the molecule is NC(=O)[C@H](Cc1cc(Cl)ccc1Br)NC(=O)c1ccc(F)c(F)c1. The van der Waals surface area contributed by atoms with Crippen LogP contribution in [0.1, 0.15) is 15.9 Å². The van der Waals surface area contributed by atoms with Gasteiger partial charge in [0.25, 0.3) is 5.91 Å². The molecule has 1 atom stereocenters. The number of carbonyl (C=O) groups excluding carboxylic acids is 2. The van der Waals surface area contributed by atoms with Gasteiger partial charge in [-0.25, -0.2) is 8.78 Å². The first kappa shape index (κ1) is 18.4. The summed E-state index contributed by atoms with van der Waals surface area (Å²) in [6.07, 6.45) is 0.0892. The quantitative estimate of drug-likeness (QED) is 0.784. The normalized spacial score (nSPS) is 11.8. The second kappa shape index (κ2) is 7.72. The minimum Gasteiger partial charge on any atom is -0.368 e. The minimum atomic E-state index is -1.16. The number of benzene rings is 2. The van der Waals surface area contributed by atoms with Crippen molar-refractivity contribution in [3.8, 4) is 0 Å². The Kier molecular flexibility index (Phi) is 5.90. The Balaban J connectivity index is 2.19. The van der Waals surface area contributed by atoms with Crippen molar-refractivity contribution in [2.24, 2.45) is 5.73 Å². The molecule has 0 aliphatic rings. The van der Waals surface area contributed by atoms with E-state index in [2.05, 4.69) is 21.2 Å². The van der Waals surface area contributed by atoms with Crippen LogP contribution in [-0.4, -0.2) is 17.9 Å². The maximum atomic E-state index is 13.2. The summed E-state index contributed by atoms with van der Waals surface area (Å²) in [5.41, 5.74) is 5.86. The fraction of sp³-hybridized carbons (Fsp3) is 0.125. The second-order valence-electron chi connectivity index (χ2n) is 5.00. The van der Waals surface area contributed by atoms with Crippen LogP contribution in [0.2, 0.25) is 5.02 Å². The van der Waals surface area contributed by atoms with E-state index in [0.717, 1.165) is 18.2 Å². The summed E-state index contributed by atoms with van der Waals surface area (Å²) >= 11 is 9.23. The van der Waals surface area contributed by atoms with E-state index in [-0.39, 0.29) is 12.0 Å². The molecule has 0 aromatic heterocycles. The van der Waals surface area contributed by atoms with Crippen LogP contribution in [0.4, 0.5) is 8.78 Å². The van der Waals surface area contributed by atoms with Crippen LogP contribution in [0.5, 0.6) is 0 Å². The Hall–Kier alpha value is -1.99. The number of halogens is 4. The Morgan fingerprint density at radius 2 is 1.88 bits per heavy atom. The van der Waals surface area contributed by atoms with Gasteiger partial charge in [0.2, 0.25) is 5.91 Å². The van der Waals surface area contributed by atoms with Gasteiger partial charge in [-0.15, -0.1) is 0 Å². The molecule has 0 bridgehead atoms. The summed E-state index contributed by atoms with van der Waals surface area (Å²) in [5, 5.41) is 2.87. The highest BCUT2D eigenvalue weighted by atomic mass is 79.9. The fourth-order valence-corrected chi connectivity index (χ4v) is 2.62. The number of primary amides is 1. The molecule has 126 valence electrons. The molecular formula is C16H12BrClF2N2O2. The van der Waals surface area contributed by atoms with Gasteiger partial charge in [0.15, 0.2) is 11.6 Å². The minimum absolute atomic E-state index is 0.0892. The maximum Gasteiger partial charge on any atom is 0.252 e. The average Bonchev–Trinajstić information content (AvgIpc) is 2.52. The highest BCUT2D eigenvalue weighted by Crippen LogP contribution is 2.22. The molecule has 0 saturated carbocycles. The van der Waals surface area contributed by atoms with Crippen LogP contribution in [-0.2, 0) is 11.2 Å². The molecule has 8 heteroatoms. The van der Waals surface area contributed by atoms with Gasteiger partial charge in [-0.05, 0) is 42.0 Å². The number of hydrogen-bond acceptors (Lipinski definition) is 2. The van der Waals surface area contributed by atoms with Crippen molar-refractivity contribution in [1.82, 2.24) is 5.32 Å². The lowest BCUT2D eigenvalue weighted by atomic mass is 10.0. The van der Waals surface area contributed by atoms with E-state index in [4.69, 9.17) is 17.3 Å². The highest BCUT2D eigenvalue weighted by molar-refractivity contribution is 9.10.